The van der Waals surface area contributed by atoms with Crippen LogP contribution >= 0.6 is 0 Å². The first-order valence-corrected chi connectivity index (χ1v) is 7.25. The molecule has 2 atom stereocenters. The number of unbranched alkanes of at least 4 members (excludes halogenated alkanes) is 1. The lowest BCUT2D eigenvalue weighted by molar-refractivity contribution is 0.0785. The topological polar surface area (TPSA) is 24.5 Å². The van der Waals surface area contributed by atoms with Crippen molar-refractivity contribution in [2.45, 2.75) is 45.6 Å². The van der Waals surface area contributed by atoms with Crippen LogP contribution in [0, 0.1) is 5.92 Å². The highest BCUT2D eigenvalue weighted by atomic mass is 16.5. The molecule has 0 aliphatic carbocycles. The first-order chi connectivity index (χ1) is 8.27. The van der Waals surface area contributed by atoms with Crippen LogP contribution in [0.2, 0.25) is 0 Å². The van der Waals surface area contributed by atoms with Crippen LogP contribution in [0.1, 0.15) is 39.5 Å². The van der Waals surface area contributed by atoms with Gasteiger partial charge in [-0.3, -0.25) is 0 Å². The molecule has 3 nitrogen and oxygen atoms in total. The van der Waals surface area contributed by atoms with E-state index in [0.29, 0.717) is 6.04 Å². The molecule has 17 heavy (non-hydrogen) atoms. The third-order valence-electron chi connectivity index (χ3n) is 3.90. The van der Waals surface area contributed by atoms with Gasteiger partial charge in [0.05, 0.1) is 6.61 Å². The van der Waals surface area contributed by atoms with Crippen LogP contribution in [0.5, 0.6) is 0 Å². The third-order valence-corrected chi connectivity index (χ3v) is 3.90. The molecular formula is C14H30N2O. The Hall–Kier alpha value is -0.120. The van der Waals surface area contributed by atoms with Gasteiger partial charge in [-0.1, -0.05) is 13.3 Å². The van der Waals surface area contributed by atoms with E-state index >= 15 is 0 Å². The van der Waals surface area contributed by atoms with Crippen LogP contribution in [0.4, 0.5) is 0 Å². The smallest absolute Gasteiger partial charge is 0.0593 e. The van der Waals surface area contributed by atoms with Crippen molar-refractivity contribution in [1.29, 1.82) is 0 Å². The highest BCUT2D eigenvalue weighted by Gasteiger charge is 2.23. The Morgan fingerprint density at radius 3 is 2.94 bits per heavy atom. The van der Waals surface area contributed by atoms with Gasteiger partial charge in [0.2, 0.25) is 0 Å². The van der Waals surface area contributed by atoms with Crippen molar-refractivity contribution in [2.24, 2.45) is 5.92 Å². The van der Waals surface area contributed by atoms with Gasteiger partial charge in [0.1, 0.15) is 0 Å². The predicted molar refractivity (Wildman–Crippen MR) is 73.4 cm³/mol. The minimum Gasteiger partial charge on any atom is -0.380 e. The Morgan fingerprint density at radius 1 is 1.41 bits per heavy atom. The molecule has 1 saturated heterocycles. The van der Waals surface area contributed by atoms with Crippen molar-refractivity contribution < 1.29 is 4.74 Å². The zero-order valence-corrected chi connectivity index (χ0v) is 11.9. The molecule has 0 aromatic carbocycles. The molecule has 0 radical (unpaired) electrons. The van der Waals surface area contributed by atoms with Gasteiger partial charge < -0.3 is 15.0 Å². The summed E-state index contributed by atoms with van der Waals surface area (Å²) in [5, 5.41) is 3.38. The number of likely N-dealkylation sites (tertiary alicyclic amines) is 1. The predicted octanol–water partition coefficient (Wildman–Crippen LogP) is 2.12. The van der Waals surface area contributed by atoms with E-state index in [9.17, 15) is 0 Å². The minimum absolute atomic E-state index is 0.638. The standard InChI is InChI=1S/C14H30N2O/c1-4-5-10-17-11-9-16-8-6-7-14(12-16)13(2)15-3/h13-15H,4-12H2,1-3H3. The van der Waals surface area contributed by atoms with Crippen molar-refractivity contribution in [3.63, 3.8) is 0 Å². The van der Waals surface area contributed by atoms with Crippen molar-refractivity contribution >= 4 is 0 Å². The molecule has 2 unspecified atom stereocenters. The fraction of sp³-hybridized carbons (Fsp3) is 1.00. The van der Waals surface area contributed by atoms with Crippen LogP contribution < -0.4 is 5.32 Å². The van der Waals surface area contributed by atoms with Crippen LogP contribution in [-0.4, -0.2) is 50.8 Å². The average molecular weight is 242 g/mol. The fourth-order valence-corrected chi connectivity index (χ4v) is 2.48. The zero-order valence-electron chi connectivity index (χ0n) is 11.9. The van der Waals surface area contributed by atoms with Crippen LogP contribution in [0.3, 0.4) is 0 Å². The first-order valence-electron chi connectivity index (χ1n) is 7.25. The fourth-order valence-electron chi connectivity index (χ4n) is 2.48. The average Bonchev–Trinajstić information content (AvgIpc) is 2.38. The van der Waals surface area contributed by atoms with Crippen molar-refractivity contribution in [1.82, 2.24) is 10.2 Å². The lowest BCUT2D eigenvalue weighted by Gasteiger charge is -2.35. The summed E-state index contributed by atoms with van der Waals surface area (Å²) in [4.78, 5) is 2.56. The zero-order chi connectivity index (χ0) is 12.5. The molecule has 1 aliphatic heterocycles. The van der Waals surface area contributed by atoms with Crippen molar-refractivity contribution in [2.75, 3.05) is 39.9 Å². The molecule has 0 spiro atoms. The van der Waals surface area contributed by atoms with Crippen molar-refractivity contribution in [3.05, 3.63) is 0 Å². The largest absolute Gasteiger partial charge is 0.380 e. The second kappa shape index (κ2) is 8.90. The molecule has 0 amide bonds. The number of rotatable bonds is 8. The van der Waals surface area contributed by atoms with Crippen LogP contribution in [0.25, 0.3) is 0 Å². The van der Waals surface area contributed by atoms with E-state index in [-0.39, 0.29) is 0 Å². The maximum absolute atomic E-state index is 5.64. The monoisotopic (exact) mass is 242 g/mol. The number of hydrogen-bond acceptors (Lipinski definition) is 3. The van der Waals surface area contributed by atoms with E-state index in [1.165, 1.54) is 38.8 Å². The minimum atomic E-state index is 0.638. The summed E-state index contributed by atoms with van der Waals surface area (Å²) < 4.78 is 5.64. The van der Waals surface area contributed by atoms with Gasteiger partial charge in [-0.15, -0.1) is 0 Å². The summed E-state index contributed by atoms with van der Waals surface area (Å²) in [7, 11) is 2.07. The van der Waals surface area contributed by atoms with E-state index < -0.39 is 0 Å². The van der Waals surface area contributed by atoms with Crippen LogP contribution in [-0.2, 0) is 4.74 Å². The Kier molecular flexibility index (Phi) is 7.82. The molecule has 3 heteroatoms. The Labute approximate surface area is 107 Å². The number of nitrogens with one attached hydrogen (secondary N) is 1. The molecular weight excluding hydrogens is 212 g/mol. The summed E-state index contributed by atoms with van der Waals surface area (Å²) in [6.45, 7) is 9.94. The van der Waals surface area contributed by atoms with E-state index in [4.69, 9.17) is 4.74 Å². The molecule has 1 fully saturated rings. The number of piperidine rings is 1. The SMILES string of the molecule is CCCCOCCN1CCCC(C(C)NC)C1. The van der Waals surface area contributed by atoms with Gasteiger partial charge in [0, 0.05) is 25.7 Å². The number of ether oxygens (including phenoxy) is 1. The molecule has 1 N–H and O–H groups in total. The summed E-state index contributed by atoms with van der Waals surface area (Å²) in [6, 6.07) is 0.638. The normalized spacial score (nSPS) is 23.8. The third kappa shape index (κ3) is 5.84. The molecule has 1 rings (SSSR count). The van der Waals surface area contributed by atoms with Crippen LogP contribution in [0.15, 0.2) is 0 Å². The second-order valence-corrected chi connectivity index (χ2v) is 5.25. The summed E-state index contributed by atoms with van der Waals surface area (Å²) >= 11 is 0. The maximum Gasteiger partial charge on any atom is 0.0593 e. The molecule has 0 saturated carbocycles. The molecule has 0 bridgehead atoms. The highest BCUT2D eigenvalue weighted by Crippen LogP contribution is 2.19. The maximum atomic E-state index is 5.64. The first kappa shape index (κ1) is 14.9. The molecule has 0 aromatic rings. The highest BCUT2D eigenvalue weighted by molar-refractivity contribution is 4.79. The Balaban J connectivity index is 2.12. The van der Waals surface area contributed by atoms with E-state index in [1.807, 2.05) is 0 Å². The quantitative estimate of drug-likeness (QED) is 0.660. The molecule has 1 heterocycles. The van der Waals surface area contributed by atoms with Crippen molar-refractivity contribution in [3.8, 4) is 0 Å². The summed E-state index contributed by atoms with van der Waals surface area (Å²) in [5.41, 5.74) is 0. The Morgan fingerprint density at radius 2 is 2.24 bits per heavy atom. The van der Waals surface area contributed by atoms with Gasteiger partial charge in [-0.05, 0) is 45.7 Å². The van der Waals surface area contributed by atoms with E-state index in [2.05, 4.69) is 31.1 Å². The Bertz CT molecular complexity index is 187. The summed E-state index contributed by atoms with van der Waals surface area (Å²) in [5.74, 6) is 0.810. The number of nitrogens with zero attached hydrogens (tertiary/aromatic N) is 1. The van der Waals surface area contributed by atoms with E-state index in [1.54, 1.807) is 0 Å². The van der Waals surface area contributed by atoms with E-state index in [0.717, 1.165) is 25.7 Å². The van der Waals surface area contributed by atoms with Gasteiger partial charge in [0.25, 0.3) is 0 Å². The molecule has 102 valence electrons. The molecule has 0 aromatic heterocycles. The second-order valence-electron chi connectivity index (χ2n) is 5.25. The van der Waals surface area contributed by atoms with Gasteiger partial charge in [-0.2, -0.15) is 0 Å². The molecule has 1 aliphatic rings. The number of hydrogen-bond donors (Lipinski definition) is 1. The summed E-state index contributed by atoms with van der Waals surface area (Å²) in [6.07, 6.45) is 5.13. The lowest BCUT2D eigenvalue weighted by Crippen LogP contribution is -2.44. The van der Waals surface area contributed by atoms with Gasteiger partial charge in [-0.25, -0.2) is 0 Å². The van der Waals surface area contributed by atoms with Gasteiger partial charge >= 0.3 is 0 Å². The lowest BCUT2D eigenvalue weighted by atomic mass is 9.92. The van der Waals surface area contributed by atoms with Gasteiger partial charge in [0.15, 0.2) is 0 Å².